The maximum absolute atomic E-state index is 8.06. The number of aliphatic hydroxyl groups excluding tert-OH is 1. The summed E-state index contributed by atoms with van der Waals surface area (Å²) in [6.45, 7) is 3.44. The van der Waals surface area contributed by atoms with E-state index in [2.05, 4.69) is 0 Å². The molecular formula is C4H10BNOTi. The van der Waals surface area contributed by atoms with Crippen molar-refractivity contribution in [2.24, 2.45) is 0 Å². The molecule has 8 heavy (non-hydrogen) atoms. The summed E-state index contributed by atoms with van der Waals surface area (Å²) >= 11 is 0. The van der Waals surface area contributed by atoms with Gasteiger partial charge in [0.1, 0.15) is 0 Å². The van der Waals surface area contributed by atoms with Gasteiger partial charge in [-0.05, 0) is 19.8 Å². The predicted molar refractivity (Wildman–Crippen MR) is 31.5 cm³/mol. The van der Waals surface area contributed by atoms with Crippen molar-refractivity contribution < 1.29 is 26.8 Å². The average Bonchev–Trinajstić information content (AvgIpc) is 1.33. The first-order valence-corrected chi connectivity index (χ1v) is 2.14. The molecule has 0 atom stereocenters. The van der Waals surface area contributed by atoms with Gasteiger partial charge in [0.15, 0.2) is 0 Å². The summed E-state index contributed by atoms with van der Waals surface area (Å²) in [5, 5.41) is 15.4. The maximum atomic E-state index is 8.06. The van der Waals surface area contributed by atoms with E-state index >= 15 is 0 Å². The average molecular weight is 147 g/mol. The van der Waals surface area contributed by atoms with Crippen LogP contribution >= 0.6 is 0 Å². The summed E-state index contributed by atoms with van der Waals surface area (Å²) < 4.78 is 0. The number of rotatable bonds is 0. The van der Waals surface area contributed by atoms with E-state index in [-0.39, 0.29) is 27.8 Å². The van der Waals surface area contributed by atoms with Crippen LogP contribution in [0.5, 0.6) is 0 Å². The van der Waals surface area contributed by atoms with Crippen LogP contribution in [0, 0.1) is 11.2 Å². The SMILES string of the molecule is BC#N.CC(C)O.[Ti]. The van der Waals surface area contributed by atoms with E-state index in [4.69, 9.17) is 10.4 Å². The van der Waals surface area contributed by atoms with E-state index in [0.717, 1.165) is 0 Å². The van der Waals surface area contributed by atoms with Crippen LogP contribution in [0.15, 0.2) is 0 Å². The van der Waals surface area contributed by atoms with Gasteiger partial charge in [0.25, 0.3) is 0 Å². The summed E-state index contributed by atoms with van der Waals surface area (Å²) in [6.07, 6.45) is -0.167. The van der Waals surface area contributed by atoms with Crippen LogP contribution in [0.3, 0.4) is 0 Å². The van der Waals surface area contributed by atoms with Crippen molar-refractivity contribution in [1.29, 1.82) is 5.26 Å². The van der Waals surface area contributed by atoms with E-state index in [1.165, 1.54) is 7.85 Å². The molecule has 1 N–H and O–H groups in total. The van der Waals surface area contributed by atoms with Gasteiger partial charge < -0.3 is 5.11 Å². The molecule has 0 bridgehead atoms. The Bertz CT molecular complexity index is 58.8. The minimum atomic E-state index is -0.167. The van der Waals surface area contributed by atoms with Gasteiger partial charge in [-0.15, -0.1) is 0 Å². The fourth-order valence-electron chi connectivity index (χ4n) is 0. The van der Waals surface area contributed by atoms with E-state index in [9.17, 15) is 0 Å². The van der Waals surface area contributed by atoms with Crippen molar-refractivity contribution >= 4 is 7.85 Å². The van der Waals surface area contributed by atoms with E-state index in [1.54, 1.807) is 19.8 Å². The molecule has 2 nitrogen and oxygen atoms in total. The summed E-state index contributed by atoms with van der Waals surface area (Å²) in [6, 6.07) is 0. The second-order valence-corrected chi connectivity index (χ2v) is 1.32. The van der Waals surface area contributed by atoms with Crippen molar-refractivity contribution in [2.75, 3.05) is 0 Å². The molecule has 0 aromatic rings. The first-order valence-electron chi connectivity index (χ1n) is 2.14. The van der Waals surface area contributed by atoms with E-state index in [0.29, 0.717) is 0 Å². The molecule has 0 rings (SSSR count). The molecule has 0 aliphatic heterocycles. The molecular weight excluding hydrogens is 137 g/mol. The third-order valence-electron chi connectivity index (χ3n) is 0. The number of hydrogen-bond acceptors (Lipinski definition) is 2. The second kappa shape index (κ2) is 15.7. The summed E-state index contributed by atoms with van der Waals surface area (Å²) in [5.74, 6) is 1.75. The molecule has 0 saturated heterocycles. The third-order valence-corrected chi connectivity index (χ3v) is 0. The van der Waals surface area contributed by atoms with Crippen molar-refractivity contribution in [1.82, 2.24) is 0 Å². The van der Waals surface area contributed by atoms with Gasteiger partial charge >= 0.3 is 0 Å². The van der Waals surface area contributed by atoms with Crippen LogP contribution in [-0.2, 0) is 21.7 Å². The van der Waals surface area contributed by atoms with Crippen LogP contribution in [-0.4, -0.2) is 19.1 Å². The van der Waals surface area contributed by atoms with Crippen LogP contribution in [0.4, 0.5) is 0 Å². The molecule has 0 unspecified atom stereocenters. The fraction of sp³-hybridized carbons (Fsp3) is 0.750. The minimum absolute atomic E-state index is 0. The molecule has 0 amide bonds. The molecule has 0 aromatic heterocycles. The predicted octanol–water partition coefficient (Wildman–Crippen LogP) is -0.515. The molecule has 44 valence electrons. The second-order valence-electron chi connectivity index (χ2n) is 1.32. The molecule has 0 radical (unpaired) electrons. The Kier molecular flexibility index (Phi) is 30.8. The topological polar surface area (TPSA) is 44.0 Å². The van der Waals surface area contributed by atoms with E-state index < -0.39 is 0 Å². The molecule has 0 saturated carbocycles. The van der Waals surface area contributed by atoms with Gasteiger partial charge in [-0.3, -0.25) is 0 Å². The number of nitriles is 1. The van der Waals surface area contributed by atoms with Gasteiger partial charge in [0.05, 0.1) is 0 Å². The first kappa shape index (κ1) is 15.7. The Morgan fingerprint density at radius 3 is 1.62 bits per heavy atom. The van der Waals surface area contributed by atoms with Crippen LogP contribution in [0.2, 0.25) is 0 Å². The minimum Gasteiger partial charge on any atom is -0.394 e. The van der Waals surface area contributed by atoms with Gasteiger partial charge in [-0.2, -0.15) is 0 Å². The van der Waals surface area contributed by atoms with Crippen molar-refractivity contribution in [3.63, 3.8) is 0 Å². The Morgan fingerprint density at radius 2 is 1.62 bits per heavy atom. The Hall–Kier alpha value is 0.229. The molecule has 0 aromatic carbocycles. The van der Waals surface area contributed by atoms with Crippen molar-refractivity contribution in [3.8, 4) is 5.97 Å². The zero-order valence-electron chi connectivity index (χ0n) is 5.47. The molecule has 0 heterocycles. The maximum Gasteiger partial charge on any atom is 0.232 e. The smallest absolute Gasteiger partial charge is 0.232 e. The standard InChI is InChI=1S/C3H8O.CH2BN.Ti/c1-3(2)4;2-1-3;/h3-4H,1-2H3;2H2;. The number of aliphatic hydroxyl groups is 1. The molecule has 0 fully saturated rings. The number of nitrogens with zero attached hydrogens (tertiary/aromatic N) is 1. The zero-order chi connectivity index (χ0) is 6.28. The Labute approximate surface area is 66.2 Å². The summed E-state index contributed by atoms with van der Waals surface area (Å²) in [5.41, 5.74) is 0. The van der Waals surface area contributed by atoms with Crippen LogP contribution in [0.25, 0.3) is 0 Å². The van der Waals surface area contributed by atoms with Crippen LogP contribution in [0.1, 0.15) is 13.8 Å². The van der Waals surface area contributed by atoms with Gasteiger partial charge in [0, 0.05) is 27.8 Å². The first-order chi connectivity index (χ1) is 3.15. The van der Waals surface area contributed by atoms with E-state index in [1.807, 2.05) is 0 Å². The van der Waals surface area contributed by atoms with Gasteiger partial charge in [-0.1, -0.05) is 0 Å². The third kappa shape index (κ3) is 3240. The van der Waals surface area contributed by atoms with Gasteiger partial charge in [-0.25, -0.2) is 5.26 Å². The summed E-state index contributed by atoms with van der Waals surface area (Å²) in [4.78, 5) is 0. The molecule has 0 aliphatic rings. The molecule has 0 spiro atoms. The Balaban J connectivity index is -0.0000000575. The van der Waals surface area contributed by atoms with Crippen molar-refractivity contribution in [3.05, 3.63) is 0 Å². The molecule has 4 heteroatoms. The van der Waals surface area contributed by atoms with Gasteiger partial charge in [0.2, 0.25) is 7.85 Å². The quantitative estimate of drug-likeness (QED) is 0.468. The van der Waals surface area contributed by atoms with Crippen LogP contribution < -0.4 is 0 Å². The monoisotopic (exact) mass is 147 g/mol. The fourth-order valence-corrected chi connectivity index (χ4v) is 0. The summed E-state index contributed by atoms with van der Waals surface area (Å²) in [7, 11) is 1.43. The normalized spacial score (nSPS) is 5.38. The number of hydrogen-bond donors (Lipinski definition) is 1. The molecule has 0 aliphatic carbocycles. The zero-order valence-corrected chi connectivity index (χ0v) is 7.03. The largest absolute Gasteiger partial charge is 0.394 e. The Morgan fingerprint density at radius 1 is 1.62 bits per heavy atom. The van der Waals surface area contributed by atoms with Crippen molar-refractivity contribution in [2.45, 2.75) is 20.0 Å².